The van der Waals surface area contributed by atoms with E-state index in [-0.39, 0.29) is 28.5 Å². The van der Waals surface area contributed by atoms with Crippen molar-refractivity contribution in [3.8, 4) is 0 Å². The fourth-order valence-electron chi connectivity index (χ4n) is 3.47. The predicted octanol–water partition coefficient (Wildman–Crippen LogP) is 2.23. The first-order valence-corrected chi connectivity index (χ1v) is 9.25. The Morgan fingerprint density at radius 1 is 1.29 bits per heavy atom. The van der Waals surface area contributed by atoms with Gasteiger partial charge in [0, 0.05) is 25.2 Å². The summed E-state index contributed by atoms with van der Waals surface area (Å²) < 4.78 is 13.3. The molecule has 2 aromatic rings. The number of halogens is 2. The molecule has 146 valence electrons. The van der Waals surface area contributed by atoms with Crippen LogP contribution in [0.4, 0.5) is 21.8 Å². The summed E-state index contributed by atoms with van der Waals surface area (Å²) >= 11 is 5.73. The molecular weight excluding hydrogens is 389 g/mol. The molecule has 1 unspecified atom stereocenters. The highest BCUT2D eigenvalue weighted by atomic mass is 35.5. The Balaban J connectivity index is 1.65. The average Bonchev–Trinajstić information content (AvgIpc) is 3.18. The smallest absolute Gasteiger partial charge is 0.258 e. The first kappa shape index (κ1) is 18.4. The Morgan fingerprint density at radius 2 is 2.04 bits per heavy atom. The van der Waals surface area contributed by atoms with Crippen LogP contribution in [-0.2, 0) is 9.59 Å². The number of amides is 2. The van der Waals surface area contributed by atoms with Gasteiger partial charge in [0.05, 0.1) is 16.5 Å². The molecule has 0 saturated carbocycles. The second kappa shape index (κ2) is 7.23. The van der Waals surface area contributed by atoms with Crippen molar-refractivity contribution in [1.29, 1.82) is 0 Å². The van der Waals surface area contributed by atoms with Crippen LogP contribution in [0.3, 0.4) is 0 Å². The monoisotopic (exact) mass is 405 g/mol. The molecule has 1 saturated heterocycles. The van der Waals surface area contributed by atoms with E-state index in [4.69, 9.17) is 11.6 Å². The second-order valence-corrected chi connectivity index (χ2v) is 7.18. The minimum Gasteiger partial charge on any atom is -0.342 e. The number of aromatic nitrogens is 2. The average molecular weight is 406 g/mol. The number of nitrogens with one attached hydrogen (secondary N) is 3. The van der Waals surface area contributed by atoms with Crippen LogP contribution in [0.25, 0.3) is 0 Å². The molecule has 2 aliphatic rings. The molecule has 0 radical (unpaired) electrons. The summed E-state index contributed by atoms with van der Waals surface area (Å²) in [5.74, 6) is -2.13. The van der Waals surface area contributed by atoms with E-state index in [9.17, 15) is 18.8 Å². The van der Waals surface area contributed by atoms with E-state index in [1.807, 2.05) is 4.90 Å². The molecule has 1 fully saturated rings. The van der Waals surface area contributed by atoms with Crippen molar-refractivity contribution in [2.24, 2.45) is 0 Å². The summed E-state index contributed by atoms with van der Waals surface area (Å²) in [5.41, 5.74) is -0.0977. The van der Waals surface area contributed by atoms with Crippen molar-refractivity contribution in [1.82, 2.24) is 9.97 Å². The van der Waals surface area contributed by atoms with Crippen molar-refractivity contribution < 1.29 is 14.0 Å². The van der Waals surface area contributed by atoms with Crippen LogP contribution in [0.1, 0.15) is 30.7 Å². The lowest BCUT2D eigenvalue weighted by Crippen LogP contribution is -2.37. The van der Waals surface area contributed by atoms with Crippen LogP contribution < -0.4 is 21.1 Å². The van der Waals surface area contributed by atoms with Crippen LogP contribution in [-0.4, -0.2) is 34.9 Å². The Kier molecular flexibility index (Phi) is 4.76. The molecule has 1 atom stereocenters. The van der Waals surface area contributed by atoms with Crippen LogP contribution >= 0.6 is 11.6 Å². The first-order chi connectivity index (χ1) is 13.4. The minimum atomic E-state index is -1.02. The maximum Gasteiger partial charge on any atom is 0.258 e. The van der Waals surface area contributed by atoms with E-state index in [2.05, 4.69) is 20.6 Å². The third-order valence-electron chi connectivity index (χ3n) is 4.85. The number of anilines is 3. The Labute approximate surface area is 164 Å². The lowest BCUT2D eigenvalue weighted by molar-refractivity contribution is -0.123. The van der Waals surface area contributed by atoms with Crippen LogP contribution in [0.2, 0.25) is 5.02 Å². The fraction of sp³-hybridized carbons (Fsp3) is 0.333. The summed E-state index contributed by atoms with van der Waals surface area (Å²) in [7, 11) is 0. The highest BCUT2D eigenvalue weighted by Gasteiger charge is 2.35. The SMILES string of the molecule is O=C1CC(C(=O)Nc2ccc(F)c(Cl)c2)c2c(nc(N3CCCC3)[nH]c2=O)N1. The zero-order chi connectivity index (χ0) is 19.8. The molecule has 0 aliphatic carbocycles. The maximum absolute atomic E-state index is 13.3. The van der Waals surface area contributed by atoms with Crippen molar-refractivity contribution in [3.63, 3.8) is 0 Å². The zero-order valence-electron chi connectivity index (χ0n) is 14.7. The number of aromatic amines is 1. The van der Waals surface area contributed by atoms with Gasteiger partial charge in [-0.3, -0.25) is 19.4 Å². The molecule has 2 aliphatic heterocycles. The molecule has 3 N–H and O–H groups in total. The van der Waals surface area contributed by atoms with Gasteiger partial charge in [0.2, 0.25) is 17.8 Å². The maximum atomic E-state index is 13.3. The number of carbonyl (C=O) groups excluding carboxylic acids is 2. The quantitative estimate of drug-likeness (QED) is 0.725. The van der Waals surface area contributed by atoms with Gasteiger partial charge in [-0.05, 0) is 31.0 Å². The minimum absolute atomic E-state index is 0.0965. The van der Waals surface area contributed by atoms with E-state index in [1.54, 1.807) is 0 Å². The van der Waals surface area contributed by atoms with Gasteiger partial charge in [-0.2, -0.15) is 4.98 Å². The normalized spacial score (nSPS) is 18.6. The fourth-order valence-corrected chi connectivity index (χ4v) is 3.65. The van der Waals surface area contributed by atoms with Crippen LogP contribution in [0.5, 0.6) is 0 Å². The molecule has 0 bridgehead atoms. The molecule has 2 amide bonds. The molecule has 1 aromatic carbocycles. The highest BCUT2D eigenvalue weighted by Crippen LogP contribution is 2.31. The van der Waals surface area contributed by atoms with E-state index in [0.29, 0.717) is 5.95 Å². The Bertz CT molecular complexity index is 1020. The van der Waals surface area contributed by atoms with Crippen molar-refractivity contribution in [2.75, 3.05) is 28.6 Å². The third kappa shape index (κ3) is 3.45. The zero-order valence-corrected chi connectivity index (χ0v) is 15.5. The van der Waals surface area contributed by atoms with E-state index in [0.717, 1.165) is 32.0 Å². The molecule has 10 heteroatoms. The predicted molar refractivity (Wildman–Crippen MR) is 102 cm³/mol. The van der Waals surface area contributed by atoms with Gasteiger partial charge in [-0.1, -0.05) is 11.6 Å². The molecule has 28 heavy (non-hydrogen) atoms. The lowest BCUT2D eigenvalue weighted by Gasteiger charge is -2.25. The number of rotatable bonds is 3. The number of H-pyrrole nitrogens is 1. The summed E-state index contributed by atoms with van der Waals surface area (Å²) in [6.07, 6.45) is 1.80. The highest BCUT2D eigenvalue weighted by molar-refractivity contribution is 6.31. The largest absolute Gasteiger partial charge is 0.342 e. The van der Waals surface area contributed by atoms with Gasteiger partial charge in [0.25, 0.3) is 5.56 Å². The van der Waals surface area contributed by atoms with Gasteiger partial charge in [-0.25, -0.2) is 4.39 Å². The molecule has 3 heterocycles. The summed E-state index contributed by atoms with van der Waals surface area (Å²) in [6, 6.07) is 3.73. The Morgan fingerprint density at radius 3 is 2.75 bits per heavy atom. The number of nitrogens with zero attached hydrogens (tertiary/aromatic N) is 2. The van der Waals surface area contributed by atoms with Crippen LogP contribution in [0, 0.1) is 5.82 Å². The number of benzene rings is 1. The molecule has 1 aromatic heterocycles. The van der Waals surface area contributed by atoms with Gasteiger partial charge < -0.3 is 15.5 Å². The molecule has 4 rings (SSSR count). The van der Waals surface area contributed by atoms with Crippen molar-refractivity contribution in [3.05, 3.63) is 45.0 Å². The van der Waals surface area contributed by atoms with E-state index in [1.165, 1.54) is 12.1 Å². The summed E-state index contributed by atoms with van der Waals surface area (Å²) in [5, 5.41) is 5.02. The molecule has 8 nitrogen and oxygen atoms in total. The van der Waals surface area contributed by atoms with Crippen molar-refractivity contribution >= 4 is 40.9 Å². The molecule has 0 spiro atoms. The van der Waals surface area contributed by atoms with E-state index >= 15 is 0 Å². The summed E-state index contributed by atoms with van der Waals surface area (Å²) in [6.45, 7) is 1.54. The topological polar surface area (TPSA) is 107 Å². The second-order valence-electron chi connectivity index (χ2n) is 6.77. The standard InChI is InChI=1S/C18H17ClFN5O3/c19-11-7-9(3-4-12(11)20)21-16(27)10-8-13(26)22-15-14(10)17(28)24-18(23-15)25-5-1-2-6-25/h3-4,7,10H,1-2,5-6,8H2,(H,21,27)(H2,22,23,24,26,28). The third-order valence-corrected chi connectivity index (χ3v) is 5.14. The van der Waals surface area contributed by atoms with Crippen LogP contribution in [0.15, 0.2) is 23.0 Å². The number of hydrogen-bond acceptors (Lipinski definition) is 5. The van der Waals surface area contributed by atoms with Crippen molar-refractivity contribution in [2.45, 2.75) is 25.2 Å². The number of fused-ring (bicyclic) bond motifs is 1. The van der Waals surface area contributed by atoms with Gasteiger partial charge >= 0.3 is 0 Å². The Hall–Kier alpha value is -2.94. The van der Waals surface area contributed by atoms with E-state index < -0.39 is 29.1 Å². The number of hydrogen-bond donors (Lipinski definition) is 3. The van der Waals surface area contributed by atoms with Gasteiger partial charge in [0.1, 0.15) is 11.6 Å². The van der Waals surface area contributed by atoms with Gasteiger partial charge in [-0.15, -0.1) is 0 Å². The molecular formula is C18H17ClFN5O3. The lowest BCUT2D eigenvalue weighted by atomic mass is 9.92. The van der Waals surface area contributed by atoms with Gasteiger partial charge in [0.15, 0.2) is 0 Å². The first-order valence-electron chi connectivity index (χ1n) is 8.87. The number of carbonyl (C=O) groups is 2. The summed E-state index contributed by atoms with van der Waals surface area (Å²) in [4.78, 5) is 46.5.